The maximum absolute atomic E-state index is 11.7. The Morgan fingerprint density at radius 1 is 1.00 bits per heavy atom. The van der Waals surface area contributed by atoms with Crippen LogP contribution in [0.15, 0.2) is 0 Å². The first-order chi connectivity index (χ1) is 9.32. The van der Waals surface area contributed by atoms with E-state index in [2.05, 4.69) is 20.8 Å². The molecule has 0 bridgehead atoms. The maximum Gasteiger partial charge on any atom is 0.338 e. The predicted molar refractivity (Wildman–Crippen MR) is 81.4 cm³/mol. The molecule has 0 aromatic heterocycles. The molecule has 1 fully saturated rings. The lowest BCUT2D eigenvalue weighted by atomic mass is 9.96. The van der Waals surface area contributed by atoms with Gasteiger partial charge in [0, 0.05) is 13.8 Å². The van der Waals surface area contributed by atoms with E-state index in [9.17, 15) is 4.79 Å². The van der Waals surface area contributed by atoms with E-state index in [1.54, 1.807) is 13.8 Å². The summed E-state index contributed by atoms with van der Waals surface area (Å²) in [6, 6.07) is 0. The number of hydrogen-bond donors (Lipinski definition) is 0. The van der Waals surface area contributed by atoms with Crippen LogP contribution in [0.4, 0.5) is 0 Å². The second-order valence-corrected chi connectivity index (χ2v) is 7.08. The topological polar surface area (TPSA) is 35.5 Å². The highest BCUT2D eigenvalue weighted by molar-refractivity contribution is 5.76. The molecule has 0 spiro atoms. The largest absolute Gasteiger partial charge is 0.432 e. The average molecular weight is 284 g/mol. The molecule has 0 aromatic carbocycles. The van der Waals surface area contributed by atoms with E-state index in [-0.39, 0.29) is 18.0 Å². The highest BCUT2D eigenvalue weighted by Crippen LogP contribution is 2.30. The molecule has 0 amide bonds. The monoisotopic (exact) mass is 284 g/mol. The molecular formula is C17H32O3. The van der Waals surface area contributed by atoms with Gasteiger partial charge in [0.25, 0.3) is 0 Å². The molecule has 1 saturated heterocycles. The summed E-state index contributed by atoms with van der Waals surface area (Å²) in [7, 11) is 0. The third kappa shape index (κ3) is 6.25. The van der Waals surface area contributed by atoms with Gasteiger partial charge >= 0.3 is 5.97 Å². The van der Waals surface area contributed by atoms with E-state index in [0.29, 0.717) is 0 Å². The van der Waals surface area contributed by atoms with Crippen molar-refractivity contribution in [2.24, 2.45) is 11.8 Å². The number of cyclic esters (lactones) is 1. The Morgan fingerprint density at radius 3 is 2.05 bits per heavy atom. The van der Waals surface area contributed by atoms with Crippen molar-refractivity contribution in [1.29, 1.82) is 0 Å². The minimum Gasteiger partial charge on any atom is -0.432 e. The number of ether oxygens (including phenoxy) is 2. The van der Waals surface area contributed by atoms with Crippen LogP contribution >= 0.6 is 0 Å². The second-order valence-electron chi connectivity index (χ2n) is 7.08. The highest BCUT2D eigenvalue weighted by Gasteiger charge is 2.43. The van der Waals surface area contributed by atoms with Crippen molar-refractivity contribution in [2.75, 3.05) is 0 Å². The zero-order valence-electron chi connectivity index (χ0n) is 13.9. The summed E-state index contributed by atoms with van der Waals surface area (Å²) >= 11 is 0. The Balaban J connectivity index is 2.09. The van der Waals surface area contributed by atoms with E-state index in [1.165, 1.54) is 38.5 Å². The van der Waals surface area contributed by atoms with E-state index < -0.39 is 5.79 Å². The van der Waals surface area contributed by atoms with Gasteiger partial charge in [-0.3, -0.25) is 0 Å². The SMILES string of the molecule is CC(C)CCCCCCC[C@@H](C)C1OC(C)(C)OC1=O. The Morgan fingerprint density at radius 2 is 1.55 bits per heavy atom. The Labute approximate surface area is 124 Å². The molecule has 1 heterocycles. The van der Waals surface area contributed by atoms with Crippen LogP contribution in [0, 0.1) is 11.8 Å². The summed E-state index contributed by atoms with van der Waals surface area (Å²) in [5, 5.41) is 0. The van der Waals surface area contributed by atoms with Gasteiger partial charge in [-0.05, 0) is 18.3 Å². The molecule has 118 valence electrons. The van der Waals surface area contributed by atoms with Crippen molar-refractivity contribution < 1.29 is 14.3 Å². The molecule has 0 N–H and O–H groups in total. The van der Waals surface area contributed by atoms with Gasteiger partial charge in [-0.2, -0.15) is 0 Å². The Bertz CT molecular complexity index is 297. The van der Waals surface area contributed by atoms with Gasteiger partial charge in [-0.15, -0.1) is 0 Å². The Hall–Kier alpha value is -0.570. The third-order valence-electron chi connectivity index (χ3n) is 3.95. The first-order valence-electron chi connectivity index (χ1n) is 8.22. The van der Waals surface area contributed by atoms with Crippen molar-refractivity contribution in [3.8, 4) is 0 Å². The molecule has 0 radical (unpaired) electrons. The van der Waals surface area contributed by atoms with E-state index in [4.69, 9.17) is 9.47 Å². The molecule has 1 unspecified atom stereocenters. The van der Waals surface area contributed by atoms with Crippen LogP contribution < -0.4 is 0 Å². The highest BCUT2D eigenvalue weighted by atomic mass is 16.8. The molecule has 0 aromatic rings. The lowest BCUT2D eigenvalue weighted by Crippen LogP contribution is -2.26. The quantitative estimate of drug-likeness (QED) is 0.455. The van der Waals surface area contributed by atoms with Crippen LogP contribution in [0.5, 0.6) is 0 Å². The third-order valence-corrected chi connectivity index (χ3v) is 3.95. The minimum atomic E-state index is -0.743. The number of hydrogen-bond acceptors (Lipinski definition) is 3. The second kappa shape index (κ2) is 8.02. The molecule has 3 heteroatoms. The summed E-state index contributed by atoms with van der Waals surface area (Å²) in [6.45, 7) is 10.2. The number of carbonyl (C=O) groups is 1. The molecule has 0 saturated carbocycles. The molecule has 2 atom stereocenters. The minimum absolute atomic E-state index is 0.195. The molecule has 1 rings (SSSR count). The van der Waals surface area contributed by atoms with E-state index in [0.717, 1.165) is 12.3 Å². The standard InChI is InChI=1S/C17H32O3/c1-13(2)11-9-7-6-8-10-12-14(3)15-16(18)20-17(4,5)19-15/h13-15H,6-12H2,1-5H3/t14-,15?/m1/s1. The number of esters is 1. The normalized spacial score (nSPS) is 23.1. The fourth-order valence-corrected chi connectivity index (χ4v) is 2.73. The van der Waals surface area contributed by atoms with Crippen LogP contribution in [0.2, 0.25) is 0 Å². The van der Waals surface area contributed by atoms with Crippen molar-refractivity contribution >= 4 is 5.97 Å². The average Bonchev–Trinajstić information content (AvgIpc) is 2.61. The lowest BCUT2D eigenvalue weighted by molar-refractivity contribution is -0.161. The zero-order valence-corrected chi connectivity index (χ0v) is 13.9. The van der Waals surface area contributed by atoms with Crippen LogP contribution in [0.1, 0.15) is 79.6 Å². The number of carbonyl (C=O) groups excluding carboxylic acids is 1. The van der Waals surface area contributed by atoms with Gasteiger partial charge in [0.05, 0.1) is 0 Å². The summed E-state index contributed by atoms with van der Waals surface area (Å²) in [6.07, 6.45) is 8.44. The van der Waals surface area contributed by atoms with Gasteiger partial charge in [0.15, 0.2) is 6.10 Å². The van der Waals surface area contributed by atoms with Crippen LogP contribution in [-0.4, -0.2) is 17.9 Å². The maximum atomic E-state index is 11.7. The summed E-state index contributed by atoms with van der Waals surface area (Å²) in [5.41, 5.74) is 0. The van der Waals surface area contributed by atoms with Crippen LogP contribution in [-0.2, 0) is 14.3 Å². The van der Waals surface area contributed by atoms with Gasteiger partial charge in [0.1, 0.15) is 0 Å². The van der Waals surface area contributed by atoms with E-state index >= 15 is 0 Å². The fraction of sp³-hybridized carbons (Fsp3) is 0.941. The zero-order chi connectivity index (χ0) is 15.2. The summed E-state index contributed by atoms with van der Waals surface area (Å²) < 4.78 is 10.9. The number of rotatable bonds is 9. The van der Waals surface area contributed by atoms with Crippen molar-refractivity contribution in [3.63, 3.8) is 0 Å². The lowest BCUT2D eigenvalue weighted by Gasteiger charge is -2.18. The molecular weight excluding hydrogens is 252 g/mol. The molecule has 1 aliphatic rings. The number of unbranched alkanes of at least 4 members (excludes halogenated alkanes) is 4. The molecule has 20 heavy (non-hydrogen) atoms. The van der Waals surface area contributed by atoms with Gasteiger partial charge < -0.3 is 9.47 Å². The Kier molecular flexibility index (Phi) is 7.01. The fourth-order valence-electron chi connectivity index (χ4n) is 2.73. The molecule has 0 aliphatic carbocycles. The summed E-state index contributed by atoms with van der Waals surface area (Å²) in [4.78, 5) is 11.7. The molecule has 3 nitrogen and oxygen atoms in total. The predicted octanol–water partition coefficient (Wildman–Crippen LogP) is 4.69. The van der Waals surface area contributed by atoms with Gasteiger partial charge in [-0.1, -0.05) is 59.3 Å². The van der Waals surface area contributed by atoms with Crippen LogP contribution in [0.25, 0.3) is 0 Å². The van der Waals surface area contributed by atoms with Crippen molar-refractivity contribution in [3.05, 3.63) is 0 Å². The van der Waals surface area contributed by atoms with Gasteiger partial charge in [0.2, 0.25) is 5.79 Å². The van der Waals surface area contributed by atoms with Crippen LogP contribution in [0.3, 0.4) is 0 Å². The molecule has 1 aliphatic heterocycles. The van der Waals surface area contributed by atoms with E-state index in [1.807, 2.05) is 0 Å². The van der Waals surface area contributed by atoms with Gasteiger partial charge in [-0.25, -0.2) is 4.79 Å². The summed E-state index contributed by atoms with van der Waals surface area (Å²) in [5.74, 6) is 0.135. The smallest absolute Gasteiger partial charge is 0.338 e. The first kappa shape index (κ1) is 17.5. The van der Waals surface area contributed by atoms with Crippen molar-refractivity contribution in [1.82, 2.24) is 0 Å². The first-order valence-corrected chi connectivity index (χ1v) is 8.22. The van der Waals surface area contributed by atoms with Crippen molar-refractivity contribution in [2.45, 2.75) is 91.5 Å².